The molecular weight excluding hydrogens is 256 g/mol. The number of hydrogen-bond donors (Lipinski definition) is 2. The molecule has 5 nitrogen and oxygen atoms in total. The summed E-state index contributed by atoms with van der Waals surface area (Å²) in [5.41, 5.74) is 1.91. The van der Waals surface area contributed by atoms with Gasteiger partial charge in [0.05, 0.1) is 19.6 Å². The van der Waals surface area contributed by atoms with Crippen molar-refractivity contribution >= 4 is 11.9 Å². The minimum atomic E-state index is -0.277. The van der Waals surface area contributed by atoms with E-state index in [-0.39, 0.29) is 24.3 Å². The third-order valence-corrected chi connectivity index (χ3v) is 3.02. The predicted molar refractivity (Wildman–Crippen MR) is 77.1 cm³/mol. The van der Waals surface area contributed by atoms with Crippen LogP contribution in [0.3, 0.4) is 0 Å². The Kier molecular flexibility index (Phi) is 6.73. The van der Waals surface area contributed by atoms with Gasteiger partial charge in [-0.15, -0.1) is 0 Å². The van der Waals surface area contributed by atoms with E-state index < -0.39 is 0 Å². The van der Waals surface area contributed by atoms with Crippen molar-refractivity contribution < 1.29 is 14.3 Å². The maximum Gasteiger partial charge on any atom is 0.309 e. The van der Waals surface area contributed by atoms with Crippen LogP contribution in [0.15, 0.2) is 24.3 Å². The second-order valence-corrected chi connectivity index (χ2v) is 4.52. The van der Waals surface area contributed by atoms with Gasteiger partial charge in [-0.1, -0.05) is 24.3 Å². The first-order chi connectivity index (χ1) is 9.58. The zero-order valence-electron chi connectivity index (χ0n) is 12.2. The van der Waals surface area contributed by atoms with E-state index in [4.69, 9.17) is 0 Å². The van der Waals surface area contributed by atoms with Crippen molar-refractivity contribution in [2.24, 2.45) is 0 Å². The Morgan fingerprint density at radius 2 is 1.90 bits per heavy atom. The summed E-state index contributed by atoms with van der Waals surface area (Å²) in [5, 5.41) is 5.91. The van der Waals surface area contributed by atoms with Crippen LogP contribution in [-0.2, 0) is 27.3 Å². The summed E-state index contributed by atoms with van der Waals surface area (Å²) in [5.74, 6) is -0.299. The van der Waals surface area contributed by atoms with E-state index in [0.29, 0.717) is 13.1 Å². The predicted octanol–water partition coefficient (Wildman–Crippen LogP) is 1.02. The van der Waals surface area contributed by atoms with E-state index in [1.807, 2.05) is 38.1 Å². The van der Waals surface area contributed by atoms with Crippen LogP contribution in [0, 0.1) is 0 Å². The SMILES string of the molecule is CCNC(=O)C(C)NCc1ccccc1CC(=O)OC. The molecule has 0 radical (unpaired) electrons. The highest BCUT2D eigenvalue weighted by Crippen LogP contribution is 2.10. The largest absolute Gasteiger partial charge is 0.469 e. The van der Waals surface area contributed by atoms with Crippen molar-refractivity contribution in [3.63, 3.8) is 0 Å². The van der Waals surface area contributed by atoms with Gasteiger partial charge in [-0.05, 0) is 25.0 Å². The molecule has 0 aliphatic heterocycles. The Bertz CT molecular complexity index is 460. The lowest BCUT2D eigenvalue weighted by molar-refractivity contribution is -0.139. The molecule has 0 heterocycles. The summed E-state index contributed by atoms with van der Waals surface area (Å²) < 4.78 is 4.68. The number of carbonyl (C=O) groups is 2. The fourth-order valence-corrected chi connectivity index (χ4v) is 1.81. The average Bonchev–Trinajstić information content (AvgIpc) is 2.46. The zero-order chi connectivity index (χ0) is 15.0. The van der Waals surface area contributed by atoms with Crippen molar-refractivity contribution in [1.82, 2.24) is 10.6 Å². The number of likely N-dealkylation sites (N-methyl/N-ethyl adjacent to an activating group) is 1. The Morgan fingerprint density at radius 3 is 2.50 bits per heavy atom. The summed E-state index contributed by atoms with van der Waals surface area (Å²) >= 11 is 0. The summed E-state index contributed by atoms with van der Waals surface area (Å²) in [7, 11) is 1.38. The molecule has 110 valence electrons. The first-order valence-corrected chi connectivity index (χ1v) is 6.73. The average molecular weight is 278 g/mol. The number of hydrogen-bond acceptors (Lipinski definition) is 4. The number of carbonyl (C=O) groups excluding carboxylic acids is 2. The van der Waals surface area contributed by atoms with Gasteiger partial charge < -0.3 is 15.4 Å². The van der Waals surface area contributed by atoms with Crippen LogP contribution >= 0.6 is 0 Å². The van der Waals surface area contributed by atoms with Gasteiger partial charge in [-0.2, -0.15) is 0 Å². The summed E-state index contributed by atoms with van der Waals surface area (Å²) in [6.07, 6.45) is 0.240. The fourth-order valence-electron chi connectivity index (χ4n) is 1.81. The van der Waals surface area contributed by atoms with Crippen molar-refractivity contribution in [2.75, 3.05) is 13.7 Å². The Labute approximate surface area is 119 Å². The van der Waals surface area contributed by atoms with Gasteiger partial charge in [0.25, 0.3) is 0 Å². The Balaban J connectivity index is 2.63. The number of methoxy groups -OCH3 is 1. The Hall–Kier alpha value is -1.88. The molecule has 1 atom stereocenters. The minimum absolute atomic E-state index is 0.0297. The van der Waals surface area contributed by atoms with Gasteiger partial charge >= 0.3 is 5.97 Å². The fraction of sp³-hybridized carbons (Fsp3) is 0.467. The number of ether oxygens (including phenoxy) is 1. The highest BCUT2D eigenvalue weighted by molar-refractivity contribution is 5.81. The normalized spacial score (nSPS) is 11.8. The molecule has 2 N–H and O–H groups in total. The van der Waals surface area contributed by atoms with Crippen LogP contribution in [0.25, 0.3) is 0 Å². The van der Waals surface area contributed by atoms with Gasteiger partial charge in [0.15, 0.2) is 0 Å². The zero-order valence-corrected chi connectivity index (χ0v) is 12.2. The van der Waals surface area contributed by atoms with Gasteiger partial charge in [0, 0.05) is 13.1 Å². The molecule has 0 aromatic heterocycles. The topological polar surface area (TPSA) is 67.4 Å². The first-order valence-electron chi connectivity index (χ1n) is 6.73. The van der Waals surface area contributed by atoms with Crippen LogP contribution in [0.1, 0.15) is 25.0 Å². The highest BCUT2D eigenvalue weighted by Gasteiger charge is 2.12. The highest BCUT2D eigenvalue weighted by atomic mass is 16.5. The molecule has 1 rings (SSSR count). The molecule has 20 heavy (non-hydrogen) atoms. The third kappa shape index (κ3) is 5.01. The molecule has 0 aliphatic rings. The lowest BCUT2D eigenvalue weighted by Crippen LogP contribution is -2.41. The maximum absolute atomic E-state index is 11.6. The lowest BCUT2D eigenvalue weighted by Gasteiger charge is -2.15. The van der Waals surface area contributed by atoms with E-state index in [1.165, 1.54) is 7.11 Å². The minimum Gasteiger partial charge on any atom is -0.469 e. The molecule has 1 aromatic rings. The first kappa shape index (κ1) is 16.2. The van der Waals surface area contributed by atoms with Gasteiger partial charge in [0.2, 0.25) is 5.91 Å². The quantitative estimate of drug-likeness (QED) is 0.731. The molecule has 0 saturated heterocycles. The molecule has 0 saturated carbocycles. The number of benzene rings is 1. The molecule has 1 aromatic carbocycles. The van der Waals surface area contributed by atoms with E-state index >= 15 is 0 Å². The van der Waals surface area contributed by atoms with Crippen LogP contribution in [0.2, 0.25) is 0 Å². The maximum atomic E-state index is 11.6. The Morgan fingerprint density at radius 1 is 1.25 bits per heavy atom. The van der Waals surface area contributed by atoms with Crippen LogP contribution in [0.4, 0.5) is 0 Å². The van der Waals surface area contributed by atoms with Crippen molar-refractivity contribution in [3.05, 3.63) is 35.4 Å². The molecule has 0 bridgehead atoms. The van der Waals surface area contributed by atoms with E-state index in [1.54, 1.807) is 0 Å². The van der Waals surface area contributed by atoms with Crippen LogP contribution in [-0.4, -0.2) is 31.6 Å². The van der Waals surface area contributed by atoms with Crippen molar-refractivity contribution in [1.29, 1.82) is 0 Å². The smallest absolute Gasteiger partial charge is 0.309 e. The lowest BCUT2D eigenvalue weighted by atomic mass is 10.0. The van der Waals surface area contributed by atoms with Gasteiger partial charge in [0.1, 0.15) is 0 Å². The number of amides is 1. The van der Waals surface area contributed by atoms with E-state index in [0.717, 1.165) is 11.1 Å². The molecule has 1 unspecified atom stereocenters. The molecule has 1 amide bonds. The summed E-state index contributed by atoms with van der Waals surface area (Å²) in [6.45, 7) is 4.85. The summed E-state index contributed by atoms with van der Waals surface area (Å²) in [4.78, 5) is 23.0. The number of rotatable bonds is 7. The van der Waals surface area contributed by atoms with E-state index in [2.05, 4.69) is 15.4 Å². The standard InChI is InChI=1S/C15H22N2O3/c1-4-16-15(19)11(2)17-10-13-8-6-5-7-12(13)9-14(18)20-3/h5-8,11,17H,4,9-10H2,1-3H3,(H,16,19). The number of nitrogens with one attached hydrogen (secondary N) is 2. The van der Waals surface area contributed by atoms with Crippen molar-refractivity contribution in [3.8, 4) is 0 Å². The molecule has 0 aliphatic carbocycles. The molecule has 5 heteroatoms. The monoisotopic (exact) mass is 278 g/mol. The summed E-state index contributed by atoms with van der Waals surface area (Å²) in [6, 6.07) is 7.35. The van der Waals surface area contributed by atoms with Gasteiger partial charge in [-0.25, -0.2) is 0 Å². The van der Waals surface area contributed by atoms with Crippen molar-refractivity contribution in [2.45, 2.75) is 32.9 Å². The third-order valence-electron chi connectivity index (χ3n) is 3.02. The van der Waals surface area contributed by atoms with Gasteiger partial charge in [-0.3, -0.25) is 9.59 Å². The second-order valence-electron chi connectivity index (χ2n) is 4.52. The molecular formula is C15H22N2O3. The molecule has 0 spiro atoms. The van der Waals surface area contributed by atoms with Crippen LogP contribution < -0.4 is 10.6 Å². The molecule has 0 fully saturated rings. The van der Waals surface area contributed by atoms with E-state index in [9.17, 15) is 9.59 Å². The van der Waals surface area contributed by atoms with Crippen LogP contribution in [0.5, 0.6) is 0 Å². The number of esters is 1. The second kappa shape index (κ2) is 8.32.